The number of anilines is 1. The Morgan fingerprint density at radius 3 is 2.62 bits per heavy atom. The molecule has 1 fully saturated rings. The number of amides is 1. The fraction of sp³-hybridized carbons (Fsp3) is 0.643. The molecule has 8 nitrogen and oxygen atoms in total. The Morgan fingerprint density at radius 2 is 2.17 bits per heavy atom. The van der Waals surface area contributed by atoms with Gasteiger partial charge in [0.25, 0.3) is 5.91 Å². The van der Waals surface area contributed by atoms with Crippen LogP contribution in [-0.2, 0) is 19.4 Å². The second-order valence-electron chi connectivity index (χ2n) is 5.74. The number of hydrogen-bond donors (Lipinski definition) is 1. The third kappa shape index (κ3) is 3.86. The topological polar surface area (TPSA) is 120 Å². The lowest BCUT2D eigenvalue weighted by Crippen LogP contribution is -2.46. The Balaban J connectivity index is 2.06. The smallest absolute Gasteiger partial charge is 0.343 e. The number of carbonyl (C=O) groups excluding carboxylic acids is 2. The molecular weight excluding hydrogens is 354 g/mol. The lowest BCUT2D eigenvalue weighted by Gasteiger charge is -2.29. The maximum atomic E-state index is 12.6. The Labute approximate surface area is 145 Å². The molecule has 1 saturated heterocycles. The van der Waals surface area contributed by atoms with Crippen LogP contribution in [0.25, 0.3) is 0 Å². The minimum Gasteiger partial charge on any atom is -0.449 e. The summed E-state index contributed by atoms with van der Waals surface area (Å²) in [7, 11) is -3.10. The summed E-state index contributed by atoms with van der Waals surface area (Å²) >= 11 is 0.991. The van der Waals surface area contributed by atoms with Crippen LogP contribution >= 0.6 is 11.5 Å². The second-order valence-corrected chi connectivity index (χ2v) is 8.77. The quantitative estimate of drug-likeness (QED) is 0.749. The van der Waals surface area contributed by atoms with Crippen LogP contribution in [0.15, 0.2) is 0 Å². The molecule has 2 N–H and O–H groups in total. The van der Waals surface area contributed by atoms with Crippen molar-refractivity contribution in [2.75, 3.05) is 23.8 Å². The first-order valence-corrected chi connectivity index (χ1v) is 10.2. The van der Waals surface area contributed by atoms with Crippen molar-refractivity contribution < 1.29 is 22.7 Å². The fourth-order valence-electron chi connectivity index (χ4n) is 2.75. The summed E-state index contributed by atoms with van der Waals surface area (Å²) < 4.78 is 32.4. The van der Waals surface area contributed by atoms with Gasteiger partial charge in [-0.2, -0.15) is 4.37 Å². The molecule has 24 heavy (non-hydrogen) atoms. The molecule has 2 atom stereocenters. The summed E-state index contributed by atoms with van der Waals surface area (Å²) in [5, 5.41) is 0.242. The molecule has 1 aliphatic rings. The fourth-order valence-corrected chi connectivity index (χ4v) is 5.13. The molecule has 2 unspecified atom stereocenters. The largest absolute Gasteiger partial charge is 0.449 e. The van der Waals surface area contributed by atoms with Gasteiger partial charge in [-0.25, -0.2) is 13.2 Å². The van der Waals surface area contributed by atoms with Gasteiger partial charge >= 0.3 is 5.97 Å². The highest BCUT2D eigenvalue weighted by atomic mass is 32.2. The molecule has 10 heteroatoms. The van der Waals surface area contributed by atoms with Gasteiger partial charge in [0.05, 0.1) is 17.2 Å². The van der Waals surface area contributed by atoms with Gasteiger partial charge in [-0.1, -0.05) is 0 Å². The molecule has 1 aromatic heterocycles. The van der Waals surface area contributed by atoms with Crippen molar-refractivity contribution in [1.29, 1.82) is 0 Å². The van der Waals surface area contributed by atoms with E-state index in [0.717, 1.165) is 11.5 Å². The number of carbonyl (C=O) groups is 2. The van der Waals surface area contributed by atoms with Crippen molar-refractivity contribution in [2.24, 2.45) is 0 Å². The van der Waals surface area contributed by atoms with Crippen LogP contribution in [-0.4, -0.2) is 59.8 Å². The van der Waals surface area contributed by atoms with Gasteiger partial charge in [-0.15, -0.1) is 0 Å². The number of ether oxygens (including phenoxy) is 1. The van der Waals surface area contributed by atoms with E-state index in [9.17, 15) is 18.0 Å². The van der Waals surface area contributed by atoms with Crippen LogP contribution in [0.2, 0.25) is 0 Å². The molecule has 0 spiro atoms. The van der Waals surface area contributed by atoms with Gasteiger partial charge in [-0.3, -0.25) is 4.79 Å². The summed E-state index contributed by atoms with van der Waals surface area (Å²) in [6.45, 7) is 5.22. The Kier molecular flexibility index (Phi) is 5.49. The first-order valence-electron chi connectivity index (χ1n) is 7.60. The van der Waals surface area contributed by atoms with Crippen LogP contribution in [0.4, 0.5) is 5.00 Å². The Hall–Kier alpha value is -1.68. The number of hydrogen-bond acceptors (Lipinski definition) is 8. The average molecular weight is 375 g/mol. The predicted molar refractivity (Wildman–Crippen MR) is 90.6 cm³/mol. The van der Waals surface area contributed by atoms with Gasteiger partial charge < -0.3 is 15.4 Å². The molecule has 2 rings (SSSR count). The van der Waals surface area contributed by atoms with Gasteiger partial charge in [0.2, 0.25) is 0 Å². The summed E-state index contributed by atoms with van der Waals surface area (Å²) in [5.74, 6) is -1.08. The van der Waals surface area contributed by atoms with Gasteiger partial charge in [0, 0.05) is 12.6 Å². The summed E-state index contributed by atoms with van der Waals surface area (Å²) in [5.41, 5.74) is 6.33. The van der Waals surface area contributed by atoms with Crippen molar-refractivity contribution >= 4 is 38.2 Å². The summed E-state index contributed by atoms with van der Waals surface area (Å²) in [6.07, 6.45) is -0.622. The molecule has 0 bridgehead atoms. The number of esters is 1. The van der Waals surface area contributed by atoms with Crippen LogP contribution in [0.1, 0.15) is 36.3 Å². The average Bonchev–Trinajstić information content (AvgIpc) is 3.01. The second kappa shape index (κ2) is 7.06. The molecule has 0 aromatic carbocycles. The Bertz CT molecular complexity index is 724. The van der Waals surface area contributed by atoms with Crippen molar-refractivity contribution in [3.05, 3.63) is 11.3 Å². The maximum absolute atomic E-state index is 12.6. The van der Waals surface area contributed by atoms with Crippen LogP contribution < -0.4 is 5.73 Å². The molecule has 0 saturated carbocycles. The summed E-state index contributed by atoms with van der Waals surface area (Å²) in [4.78, 5) is 26.2. The highest BCUT2D eigenvalue weighted by molar-refractivity contribution is 7.91. The number of rotatable bonds is 5. The van der Waals surface area contributed by atoms with Crippen molar-refractivity contribution in [3.63, 3.8) is 0 Å². The first kappa shape index (κ1) is 18.7. The van der Waals surface area contributed by atoms with E-state index < -0.39 is 27.8 Å². The van der Waals surface area contributed by atoms with Crippen LogP contribution in [0.5, 0.6) is 0 Å². The van der Waals surface area contributed by atoms with E-state index in [2.05, 4.69) is 4.37 Å². The third-order valence-electron chi connectivity index (χ3n) is 4.00. The van der Waals surface area contributed by atoms with Crippen LogP contribution in [0, 0.1) is 6.92 Å². The number of nitrogen functional groups attached to an aromatic ring is 1. The molecule has 1 amide bonds. The van der Waals surface area contributed by atoms with E-state index >= 15 is 0 Å². The van der Waals surface area contributed by atoms with E-state index in [1.807, 2.05) is 0 Å². The predicted octanol–water partition coefficient (Wildman–Crippen LogP) is 0.615. The van der Waals surface area contributed by atoms with E-state index in [0.29, 0.717) is 18.7 Å². The van der Waals surface area contributed by atoms with Crippen molar-refractivity contribution in [3.8, 4) is 0 Å². The molecule has 1 aliphatic heterocycles. The van der Waals surface area contributed by atoms with E-state index in [-0.39, 0.29) is 28.1 Å². The van der Waals surface area contributed by atoms with Crippen molar-refractivity contribution in [1.82, 2.24) is 9.27 Å². The van der Waals surface area contributed by atoms with E-state index in [1.165, 1.54) is 11.8 Å². The Morgan fingerprint density at radius 1 is 1.50 bits per heavy atom. The minimum atomic E-state index is -3.10. The minimum absolute atomic E-state index is 0.0479. The van der Waals surface area contributed by atoms with E-state index in [4.69, 9.17) is 10.5 Å². The molecule has 1 aromatic rings. The summed E-state index contributed by atoms with van der Waals surface area (Å²) in [6, 6.07) is -0.372. The van der Waals surface area contributed by atoms with Gasteiger partial charge in [0.1, 0.15) is 10.6 Å². The highest BCUT2D eigenvalue weighted by Crippen LogP contribution is 2.23. The number of aryl methyl sites for hydroxylation is 1. The number of nitrogens with zero attached hydrogens (tertiary/aromatic N) is 2. The van der Waals surface area contributed by atoms with Crippen LogP contribution in [0.3, 0.4) is 0 Å². The maximum Gasteiger partial charge on any atom is 0.343 e. The normalized spacial score (nSPS) is 20.5. The third-order valence-corrected chi connectivity index (χ3v) is 6.51. The monoisotopic (exact) mass is 375 g/mol. The molecule has 0 aliphatic carbocycles. The van der Waals surface area contributed by atoms with Crippen molar-refractivity contribution in [2.45, 2.75) is 39.3 Å². The standard InChI is InChI=1S/C14H21N3O5S2/c1-4-17(10-5-6-24(20,21)7-10)13(18)9(3)22-14(19)11-8(2)16-23-12(11)15/h9-10H,4-7,15H2,1-3H3. The number of sulfone groups is 1. The first-order chi connectivity index (χ1) is 11.2. The zero-order valence-electron chi connectivity index (χ0n) is 13.8. The lowest BCUT2D eigenvalue weighted by atomic mass is 10.2. The lowest BCUT2D eigenvalue weighted by molar-refractivity contribution is -0.141. The number of nitrogens with two attached hydrogens (primary N) is 1. The number of aromatic nitrogens is 1. The molecule has 0 radical (unpaired) electrons. The molecule has 2 heterocycles. The number of likely N-dealkylation sites (N-methyl/N-ethyl adjacent to an activating group) is 1. The van der Waals surface area contributed by atoms with Gasteiger partial charge in [0.15, 0.2) is 15.9 Å². The molecule has 134 valence electrons. The van der Waals surface area contributed by atoms with Gasteiger partial charge in [-0.05, 0) is 38.7 Å². The zero-order valence-corrected chi connectivity index (χ0v) is 15.4. The SMILES string of the molecule is CCN(C(=O)C(C)OC(=O)c1c(C)nsc1N)C1CCS(=O)(=O)C1. The highest BCUT2D eigenvalue weighted by Gasteiger charge is 2.36. The van der Waals surface area contributed by atoms with E-state index in [1.54, 1.807) is 13.8 Å². The molecular formula is C14H21N3O5S2. The zero-order chi connectivity index (χ0) is 18.1.